The first kappa shape index (κ1) is 22.3. The molecule has 3 rings (SSSR count). The van der Waals surface area contributed by atoms with Crippen molar-refractivity contribution in [3.63, 3.8) is 0 Å². The Hall–Kier alpha value is -2.38. The molecule has 162 valence electrons. The number of carbonyl (C=O) groups excluding carboxylic acids is 1. The smallest absolute Gasteiger partial charge is 0.238 e. The fourth-order valence-electron chi connectivity index (χ4n) is 3.36. The molecule has 0 atom stereocenters. The van der Waals surface area contributed by atoms with Gasteiger partial charge in [-0.3, -0.25) is 4.79 Å². The molecule has 2 aromatic rings. The van der Waals surface area contributed by atoms with Gasteiger partial charge in [-0.25, -0.2) is 8.42 Å². The molecule has 1 aliphatic carbocycles. The molecule has 0 spiro atoms. The molecule has 7 heteroatoms. The average Bonchev–Trinajstić information content (AvgIpc) is 3.46. The zero-order chi connectivity index (χ0) is 21.7. The fraction of sp³-hybridized carbons (Fsp3) is 0.435. The van der Waals surface area contributed by atoms with Crippen molar-refractivity contribution in [2.75, 3.05) is 13.1 Å². The van der Waals surface area contributed by atoms with E-state index in [4.69, 9.17) is 0 Å². The maximum absolute atomic E-state index is 13.2. The molecular weight excluding hydrogens is 398 g/mol. The van der Waals surface area contributed by atoms with E-state index in [1.807, 2.05) is 79.0 Å². The molecule has 1 aliphatic rings. The van der Waals surface area contributed by atoms with Gasteiger partial charge in [0.1, 0.15) is 0 Å². The second-order valence-corrected chi connectivity index (χ2v) is 10.1. The van der Waals surface area contributed by atoms with Gasteiger partial charge in [0.25, 0.3) is 0 Å². The minimum absolute atomic E-state index is 0.111. The predicted octanol–water partition coefficient (Wildman–Crippen LogP) is 3.47. The number of aryl methyl sites for hydroxylation is 1. The van der Waals surface area contributed by atoms with E-state index in [0.717, 1.165) is 24.1 Å². The van der Waals surface area contributed by atoms with Crippen LogP contribution in [0.15, 0.2) is 54.1 Å². The highest BCUT2D eigenvalue weighted by atomic mass is 32.2. The molecule has 0 radical (unpaired) electrons. The van der Waals surface area contributed by atoms with Crippen molar-refractivity contribution in [2.45, 2.75) is 39.3 Å². The van der Waals surface area contributed by atoms with Crippen LogP contribution in [0.4, 0.5) is 0 Å². The fourth-order valence-corrected chi connectivity index (χ4v) is 4.66. The van der Waals surface area contributed by atoms with Crippen molar-refractivity contribution in [2.24, 2.45) is 13.0 Å². The Morgan fingerprint density at radius 2 is 1.87 bits per heavy atom. The Balaban J connectivity index is 1.76. The topological polar surface area (TPSA) is 62.6 Å². The van der Waals surface area contributed by atoms with E-state index < -0.39 is 10.0 Å². The van der Waals surface area contributed by atoms with Gasteiger partial charge in [-0.1, -0.05) is 44.2 Å². The van der Waals surface area contributed by atoms with E-state index >= 15 is 0 Å². The largest absolute Gasteiger partial charge is 0.353 e. The van der Waals surface area contributed by atoms with Crippen LogP contribution < -0.4 is 0 Å². The van der Waals surface area contributed by atoms with Crippen molar-refractivity contribution in [3.8, 4) is 0 Å². The van der Waals surface area contributed by atoms with Crippen LogP contribution in [0.2, 0.25) is 0 Å². The lowest BCUT2D eigenvalue weighted by atomic mass is 10.2. The van der Waals surface area contributed by atoms with Gasteiger partial charge < -0.3 is 9.47 Å². The summed E-state index contributed by atoms with van der Waals surface area (Å²) in [4.78, 5) is 15.0. The normalized spacial score (nSPS) is 14.7. The van der Waals surface area contributed by atoms with Gasteiger partial charge in [0.05, 0.1) is 13.1 Å². The van der Waals surface area contributed by atoms with Gasteiger partial charge in [-0.2, -0.15) is 4.31 Å². The van der Waals surface area contributed by atoms with E-state index in [9.17, 15) is 13.2 Å². The first-order valence-electron chi connectivity index (χ1n) is 10.4. The maximum Gasteiger partial charge on any atom is 0.238 e. The monoisotopic (exact) mass is 429 g/mol. The highest BCUT2D eigenvalue weighted by Gasteiger charge is 2.35. The second kappa shape index (κ2) is 9.62. The number of carbonyl (C=O) groups is 1. The molecular formula is C23H31N3O3S. The third-order valence-electron chi connectivity index (χ3n) is 5.16. The van der Waals surface area contributed by atoms with E-state index in [1.165, 1.54) is 9.71 Å². The van der Waals surface area contributed by atoms with Crippen molar-refractivity contribution in [1.29, 1.82) is 0 Å². The lowest BCUT2D eigenvalue weighted by Gasteiger charge is -2.27. The lowest BCUT2D eigenvalue weighted by Crippen LogP contribution is -2.44. The highest BCUT2D eigenvalue weighted by molar-refractivity contribution is 7.92. The van der Waals surface area contributed by atoms with Gasteiger partial charge in [-0.15, -0.1) is 0 Å². The van der Waals surface area contributed by atoms with E-state index in [-0.39, 0.29) is 24.4 Å². The van der Waals surface area contributed by atoms with E-state index in [0.29, 0.717) is 13.1 Å². The first-order chi connectivity index (χ1) is 14.3. The molecule has 1 fully saturated rings. The molecule has 1 amide bonds. The second-order valence-electron chi connectivity index (χ2n) is 8.31. The Bertz CT molecular complexity index is 976. The summed E-state index contributed by atoms with van der Waals surface area (Å²) in [5, 5.41) is 1.21. The molecule has 1 heterocycles. The highest BCUT2D eigenvalue weighted by Crippen LogP contribution is 2.29. The molecule has 1 aromatic carbocycles. The molecule has 6 nitrogen and oxygen atoms in total. The van der Waals surface area contributed by atoms with Crippen molar-refractivity contribution < 1.29 is 13.2 Å². The number of aromatic nitrogens is 1. The number of rotatable bonds is 10. The van der Waals surface area contributed by atoms with Crippen LogP contribution in [0.25, 0.3) is 6.08 Å². The summed E-state index contributed by atoms with van der Waals surface area (Å²) in [6, 6.07) is 13.4. The first-order valence-corrected chi connectivity index (χ1v) is 11.9. The van der Waals surface area contributed by atoms with Crippen LogP contribution in [0.5, 0.6) is 0 Å². The van der Waals surface area contributed by atoms with Crippen LogP contribution in [0.3, 0.4) is 0 Å². The third kappa shape index (κ3) is 6.06. The minimum Gasteiger partial charge on any atom is -0.353 e. The molecule has 1 aromatic heterocycles. The van der Waals surface area contributed by atoms with Crippen molar-refractivity contribution in [1.82, 2.24) is 13.8 Å². The quantitative estimate of drug-likeness (QED) is 0.581. The van der Waals surface area contributed by atoms with Crippen LogP contribution in [-0.4, -0.2) is 47.2 Å². The SMILES string of the molecule is CC(C)CN(CC(=O)N(Cc1cccn1C)C1CC1)S(=O)(=O)/C=C/c1ccccc1. The zero-order valence-electron chi connectivity index (χ0n) is 17.9. The summed E-state index contributed by atoms with van der Waals surface area (Å²) in [7, 11) is -1.77. The summed E-state index contributed by atoms with van der Waals surface area (Å²) in [5.41, 5.74) is 1.85. The molecule has 30 heavy (non-hydrogen) atoms. The Morgan fingerprint density at radius 3 is 2.43 bits per heavy atom. The van der Waals surface area contributed by atoms with Gasteiger partial charge in [0, 0.05) is 36.9 Å². The van der Waals surface area contributed by atoms with Gasteiger partial charge in [0.15, 0.2) is 0 Å². The van der Waals surface area contributed by atoms with Crippen molar-refractivity contribution >= 4 is 22.0 Å². The summed E-state index contributed by atoms with van der Waals surface area (Å²) < 4.78 is 29.3. The van der Waals surface area contributed by atoms with Gasteiger partial charge in [0.2, 0.25) is 15.9 Å². The van der Waals surface area contributed by atoms with Gasteiger partial charge >= 0.3 is 0 Å². The molecule has 0 aliphatic heterocycles. The summed E-state index contributed by atoms with van der Waals surface area (Å²) in [6.45, 7) is 4.58. The lowest BCUT2D eigenvalue weighted by molar-refractivity contribution is -0.132. The van der Waals surface area contributed by atoms with Crippen molar-refractivity contribution in [3.05, 3.63) is 65.3 Å². The summed E-state index contributed by atoms with van der Waals surface area (Å²) in [6.07, 6.45) is 5.48. The van der Waals surface area contributed by atoms with E-state index in [1.54, 1.807) is 6.08 Å². The predicted molar refractivity (Wildman–Crippen MR) is 120 cm³/mol. The standard InChI is InChI=1S/C23H31N3O3S/c1-19(2)16-25(30(28,29)15-13-20-8-5-4-6-9-20)18-23(27)26(21-11-12-21)17-22-10-7-14-24(22)3/h4-10,13-15,19,21H,11-12,16-18H2,1-3H3/b15-13+. The van der Waals surface area contributed by atoms with Crippen LogP contribution >= 0.6 is 0 Å². The van der Waals surface area contributed by atoms with Crippen LogP contribution in [0.1, 0.15) is 37.9 Å². The number of hydrogen-bond donors (Lipinski definition) is 0. The van der Waals surface area contributed by atoms with Crippen LogP contribution in [0, 0.1) is 5.92 Å². The van der Waals surface area contributed by atoms with Crippen LogP contribution in [-0.2, 0) is 28.4 Å². The summed E-state index contributed by atoms with van der Waals surface area (Å²) >= 11 is 0. The number of sulfonamides is 1. The molecule has 0 N–H and O–H groups in total. The zero-order valence-corrected chi connectivity index (χ0v) is 18.8. The molecule has 1 saturated carbocycles. The number of benzene rings is 1. The molecule has 0 saturated heterocycles. The van der Waals surface area contributed by atoms with Gasteiger partial charge in [-0.05, 0) is 42.5 Å². The number of amides is 1. The van der Waals surface area contributed by atoms with E-state index in [2.05, 4.69) is 0 Å². The summed E-state index contributed by atoms with van der Waals surface area (Å²) in [5.74, 6) is -0.0315. The minimum atomic E-state index is -3.72. The number of nitrogens with zero attached hydrogens (tertiary/aromatic N) is 3. The Kier molecular flexibility index (Phi) is 7.15. The average molecular weight is 430 g/mol. The molecule has 0 bridgehead atoms. The number of hydrogen-bond acceptors (Lipinski definition) is 3. The molecule has 0 unspecified atom stereocenters. The third-order valence-corrected chi connectivity index (χ3v) is 6.64. The maximum atomic E-state index is 13.2. The Labute approximate surface area is 179 Å². The Morgan fingerprint density at radius 1 is 1.17 bits per heavy atom.